The summed E-state index contributed by atoms with van der Waals surface area (Å²) in [7, 11) is 0. The molecule has 2 heterocycles. The second-order valence-electron chi connectivity index (χ2n) is 2.81. The number of aromatic amines is 1. The minimum absolute atomic E-state index is 0.137. The van der Waals surface area contributed by atoms with Crippen molar-refractivity contribution in [1.29, 1.82) is 5.26 Å². The molecule has 0 aliphatic rings. The van der Waals surface area contributed by atoms with Crippen LogP contribution in [0.4, 0.5) is 0 Å². The zero-order chi connectivity index (χ0) is 10.7. The largest absolute Gasteiger partial charge is 0.416 e. The second kappa shape index (κ2) is 3.75. The number of rotatable bonds is 2. The first-order valence-electron chi connectivity index (χ1n) is 4.20. The summed E-state index contributed by atoms with van der Waals surface area (Å²) in [5.74, 6) is 0.524. The van der Waals surface area contributed by atoms with Crippen LogP contribution in [0, 0.1) is 18.3 Å². The lowest BCUT2D eigenvalue weighted by molar-refractivity contribution is 0.439. The summed E-state index contributed by atoms with van der Waals surface area (Å²) in [4.78, 5) is 7.71. The van der Waals surface area contributed by atoms with E-state index in [0.29, 0.717) is 5.88 Å². The first-order valence-corrected chi connectivity index (χ1v) is 4.20. The highest BCUT2D eigenvalue weighted by atomic mass is 16.5. The van der Waals surface area contributed by atoms with Crippen LogP contribution in [-0.2, 0) is 0 Å². The molecule has 0 radical (unpaired) electrons. The number of ether oxygens (including phenoxy) is 1. The highest BCUT2D eigenvalue weighted by Crippen LogP contribution is 2.18. The fourth-order valence-electron chi connectivity index (χ4n) is 1.02. The summed E-state index contributed by atoms with van der Waals surface area (Å²) in [6.45, 7) is 1.85. The Kier molecular flexibility index (Phi) is 2.29. The van der Waals surface area contributed by atoms with Gasteiger partial charge in [0, 0.05) is 24.2 Å². The maximum atomic E-state index is 8.74. The van der Waals surface area contributed by atoms with Crippen molar-refractivity contribution in [2.45, 2.75) is 6.92 Å². The van der Waals surface area contributed by atoms with Crippen molar-refractivity contribution in [3.8, 4) is 17.8 Å². The third-order valence-corrected chi connectivity index (χ3v) is 1.65. The van der Waals surface area contributed by atoms with Crippen molar-refractivity contribution < 1.29 is 4.74 Å². The standard InChI is InChI=1S/C9H7N5O/c1-6-4-8(14-13-6)15-9-7(5-10)11-2-3-12-9/h2-4H,1H3,(H,13,14). The molecule has 74 valence electrons. The maximum Gasteiger partial charge on any atom is 0.258 e. The smallest absolute Gasteiger partial charge is 0.258 e. The number of nitriles is 1. The first kappa shape index (κ1) is 9.15. The van der Waals surface area contributed by atoms with E-state index < -0.39 is 0 Å². The van der Waals surface area contributed by atoms with Crippen LogP contribution < -0.4 is 4.74 Å². The van der Waals surface area contributed by atoms with Gasteiger partial charge in [-0.1, -0.05) is 0 Å². The lowest BCUT2D eigenvalue weighted by Gasteiger charge is -2.00. The normalized spacial score (nSPS) is 9.60. The van der Waals surface area contributed by atoms with Gasteiger partial charge in [-0.25, -0.2) is 9.97 Å². The van der Waals surface area contributed by atoms with Gasteiger partial charge >= 0.3 is 0 Å². The van der Waals surface area contributed by atoms with Gasteiger partial charge in [0.15, 0.2) is 0 Å². The Morgan fingerprint density at radius 1 is 1.40 bits per heavy atom. The molecule has 0 fully saturated rings. The molecule has 1 N–H and O–H groups in total. The van der Waals surface area contributed by atoms with Gasteiger partial charge in [0.1, 0.15) is 6.07 Å². The zero-order valence-corrected chi connectivity index (χ0v) is 7.93. The molecule has 0 atom stereocenters. The lowest BCUT2D eigenvalue weighted by Crippen LogP contribution is -1.93. The van der Waals surface area contributed by atoms with E-state index in [1.807, 2.05) is 13.0 Å². The van der Waals surface area contributed by atoms with E-state index in [0.717, 1.165) is 5.69 Å². The van der Waals surface area contributed by atoms with E-state index in [2.05, 4.69) is 20.2 Å². The number of hydrogen-bond acceptors (Lipinski definition) is 5. The van der Waals surface area contributed by atoms with E-state index in [4.69, 9.17) is 10.00 Å². The Morgan fingerprint density at radius 2 is 2.20 bits per heavy atom. The van der Waals surface area contributed by atoms with Crippen LogP contribution in [0.2, 0.25) is 0 Å². The molecule has 6 nitrogen and oxygen atoms in total. The predicted octanol–water partition coefficient (Wildman–Crippen LogP) is 1.17. The van der Waals surface area contributed by atoms with Crippen LogP contribution in [-0.4, -0.2) is 20.2 Å². The van der Waals surface area contributed by atoms with E-state index in [1.54, 1.807) is 6.07 Å². The van der Waals surface area contributed by atoms with Gasteiger partial charge in [-0.3, -0.25) is 5.10 Å². The Morgan fingerprint density at radius 3 is 2.87 bits per heavy atom. The van der Waals surface area contributed by atoms with E-state index in [1.165, 1.54) is 12.4 Å². The zero-order valence-electron chi connectivity index (χ0n) is 7.93. The third kappa shape index (κ3) is 1.91. The minimum atomic E-state index is 0.137. The molecule has 2 aromatic rings. The molecule has 0 amide bonds. The number of nitrogens with one attached hydrogen (secondary N) is 1. The molecule has 0 saturated carbocycles. The average Bonchev–Trinajstić information content (AvgIpc) is 2.65. The van der Waals surface area contributed by atoms with Gasteiger partial charge in [0.2, 0.25) is 11.6 Å². The number of nitrogens with zero attached hydrogens (tertiary/aromatic N) is 4. The molecule has 0 saturated heterocycles. The van der Waals surface area contributed by atoms with Crippen LogP contribution in [0.3, 0.4) is 0 Å². The van der Waals surface area contributed by atoms with Crippen molar-refractivity contribution in [2.75, 3.05) is 0 Å². The van der Waals surface area contributed by atoms with Gasteiger partial charge < -0.3 is 4.74 Å². The molecule has 15 heavy (non-hydrogen) atoms. The van der Waals surface area contributed by atoms with Crippen molar-refractivity contribution in [3.63, 3.8) is 0 Å². The van der Waals surface area contributed by atoms with Gasteiger partial charge in [-0.2, -0.15) is 5.26 Å². The minimum Gasteiger partial charge on any atom is -0.416 e. The summed E-state index contributed by atoms with van der Waals surface area (Å²) in [6, 6.07) is 3.59. The van der Waals surface area contributed by atoms with Crippen molar-refractivity contribution >= 4 is 0 Å². The fraction of sp³-hybridized carbons (Fsp3) is 0.111. The van der Waals surface area contributed by atoms with E-state index in [9.17, 15) is 0 Å². The molecule has 0 bridgehead atoms. The molecule has 0 aliphatic heterocycles. The van der Waals surface area contributed by atoms with Crippen LogP contribution in [0.5, 0.6) is 11.8 Å². The Hall–Kier alpha value is -2.42. The second-order valence-corrected chi connectivity index (χ2v) is 2.81. The Bertz CT molecular complexity index is 513. The van der Waals surface area contributed by atoms with Crippen molar-refractivity contribution in [3.05, 3.63) is 29.8 Å². The van der Waals surface area contributed by atoms with Gasteiger partial charge in [-0.15, -0.1) is 5.10 Å². The average molecular weight is 201 g/mol. The van der Waals surface area contributed by atoms with Crippen LogP contribution in [0.1, 0.15) is 11.4 Å². The SMILES string of the molecule is Cc1cc(Oc2nccnc2C#N)n[nH]1. The summed E-state index contributed by atoms with van der Waals surface area (Å²) in [5, 5.41) is 15.3. The van der Waals surface area contributed by atoms with Gasteiger partial charge in [0.25, 0.3) is 5.88 Å². The topological polar surface area (TPSA) is 87.5 Å². The summed E-state index contributed by atoms with van der Waals surface area (Å²) < 4.78 is 5.28. The number of aromatic nitrogens is 4. The van der Waals surface area contributed by atoms with Crippen LogP contribution in [0.25, 0.3) is 0 Å². The lowest BCUT2D eigenvalue weighted by atomic mass is 10.4. The maximum absolute atomic E-state index is 8.74. The molecule has 2 aromatic heterocycles. The fourth-order valence-corrected chi connectivity index (χ4v) is 1.02. The Labute approximate surface area is 85.6 Å². The predicted molar refractivity (Wildman–Crippen MR) is 50.1 cm³/mol. The monoisotopic (exact) mass is 201 g/mol. The highest BCUT2D eigenvalue weighted by Gasteiger charge is 2.08. The molecule has 6 heteroatoms. The van der Waals surface area contributed by atoms with E-state index >= 15 is 0 Å². The summed E-state index contributed by atoms with van der Waals surface area (Å²) >= 11 is 0. The third-order valence-electron chi connectivity index (χ3n) is 1.65. The van der Waals surface area contributed by atoms with Gasteiger partial charge in [0.05, 0.1) is 0 Å². The first-order chi connectivity index (χ1) is 7.29. The van der Waals surface area contributed by atoms with E-state index in [-0.39, 0.29) is 11.6 Å². The number of H-pyrrole nitrogens is 1. The van der Waals surface area contributed by atoms with Crippen molar-refractivity contribution in [2.24, 2.45) is 0 Å². The molecular weight excluding hydrogens is 194 g/mol. The molecule has 0 aliphatic carbocycles. The van der Waals surface area contributed by atoms with Gasteiger partial charge in [-0.05, 0) is 6.92 Å². The number of hydrogen-bond donors (Lipinski definition) is 1. The molecule has 0 unspecified atom stereocenters. The molecule has 0 spiro atoms. The molecular formula is C9H7N5O. The highest BCUT2D eigenvalue weighted by molar-refractivity contribution is 5.32. The van der Waals surface area contributed by atoms with Crippen molar-refractivity contribution in [1.82, 2.24) is 20.2 Å². The molecule has 2 rings (SSSR count). The number of aryl methyl sites for hydroxylation is 1. The summed E-state index contributed by atoms with van der Waals surface area (Å²) in [5.41, 5.74) is 1.01. The Balaban J connectivity index is 2.28. The van der Waals surface area contributed by atoms with Crippen LogP contribution >= 0.6 is 0 Å². The molecule has 0 aromatic carbocycles. The quantitative estimate of drug-likeness (QED) is 0.787. The van der Waals surface area contributed by atoms with Crippen LogP contribution in [0.15, 0.2) is 18.5 Å². The summed E-state index contributed by atoms with van der Waals surface area (Å²) in [6.07, 6.45) is 2.89.